The van der Waals surface area contributed by atoms with E-state index in [1.165, 1.54) is 26.4 Å². The average molecular weight is 358 g/mol. The van der Waals surface area contributed by atoms with Gasteiger partial charge in [0.1, 0.15) is 0 Å². The zero-order chi connectivity index (χ0) is 19.2. The predicted octanol–water partition coefficient (Wildman–Crippen LogP) is 4.70. The van der Waals surface area contributed by atoms with Gasteiger partial charge in [0.05, 0.1) is 32.5 Å². The maximum absolute atomic E-state index is 11.3. The van der Waals surface area contributed by atoms with Gasteiger partial charge in [0.15, 0.2) is 0 Å². The van der Waals surface area contributed by atoms with Crippen molar-refractivity contribution in [2.75, 3.05) is 32.7 Å². The van der Waals surface area contributed by atoms with Crippen molar-refractivity contribution in [3.63, 3.8) is 0 Å². The zero-order valence-corrected chi connectivity index (χ0v) is 16.8. The SMILES string of the molecule is CC.CCP(=O)(CC)CC.COC(=O)c1ccccc1C(=O)OC. The van der Waals surface area contributed by atoms with Gasteiger partial charge in [0, 0.05) is 0 Å². The van der Waals surface area contributed by atoms with E-state index in [-0.39, 0.29) is 11.1 Å². The Balaban J connectivity index is 0. The molecule has 0 spiro atoms. The number of hydrogen-bond acceptors (Lipinski definition) is 5. The molecule has 0 atom stereocenters. The number of esters is 2. The molecule has 1 aromatic carbocycles. The van der Waals surface area contributed by atoms with Crippen LogP contribution in [0.2, 0.25) is 0 Å². The van der Waals surface area contributed by atoms with Crippen molar-refractivity contribution in [1.82, 2.24) is 0 Å². The van der Waals surface area contributed by atoms with Gasteiger partial charge < -0.3 is 14.0 Å². The summed E-state index contributed by atoms with van der Waals surface area (Å²) in [5.74, 6) is -1.10. The minimum Gasteiger partial charge on any atom is -0.465 e. The summed E-state index contributed by atoms with van der Waals surface area (Å²) in [6.45, 7) is 10.0. The van der Waals surface area contributed by atoms with E-state index in [1.807, 2.05) is 34.6 Å². The molecule has 1 aromatic rings. The smallest absolute Gasteiger partial charge is 0.338 e. The minimum atomic E-state index is -1.66. The van der Waals surface area contributed by atoms with Gasteiger partial charge in [-0.05, 0) is 30.6 Å². The summed E-state index contributed by atoms with van der Waals surface area (Å²) in [7, 11) is 0.859. The van der Waals surface area contributed by atoms with E-state index in [4.69, 9.17) is 0 Å². The Hall–Kier alpha value is -1.61. The molecule has 0 unspecified atom stereocenters. The van der Waals surface area contributed by atoms with Gasteiger partial charge in [-0.2, -0.15) is 0 Å². The second kappa shape index (κ2) is 13.8. The molecule has 0 saturated heterocycles. The van der Waals surface area contributed by atoms with Gasteiger partial charge in [-0.3, -0.25) is 0 Å². The number of methoxy groups -OCH3 is 2. The van der Waals surface area contributed by atoms with Crippen LogP contribution >= 0.6 is 7.14 Å². The van der Waals surface area contributed by atoms with Crippen LogP contribution in [0, 0.1) is 0 Å². The van der Waals surface area contributed by atoms with Crippen molar-refractivity contribution in [1.29, 1.82) is 0 Å². The van der Waals surface area contributed by atoms with E-state index >= 15 is 0 Å². The fraction of sp³-hybridized carbons (Fsp3) is 0.556. The first kappa shape index (κ1) is 24.6. The lowest BCUT2D eigenvalue weighted by Gasteiger charge is -2.08. The number of rotatable bonds is 5. The van der Waals surface area contributed by atoms with Gasteiger partial charge in [0.2, 0.25) is 0 Å². The molecule has 0 saturated carbocycles. The Morgan fingerprint density at radius 1 is 0.833 bits per heavy atom. The maximum atomic E-state index is 11.3. The Labute approximate surface area is 146 Å². The van der Waals surface area contributed by atoms with E-state index < -0.39 is 19.1 Å². The molecule has 0 aromatic heterocycles. The zero-order valence-electron chi connectivity index (χ0n) is 15.9. The van der Waals surface area contributed by atoms with Crippen molar-refractivity contribution < 1.29 is 23.6 Å². The topological polar surface area (TPSA) is 69.7 Å². The van der Waals surface area contributed by atoms with Crippen LogP contribution in [0.15, 0.2) is 24.3 Å². The van der Waals surface area contributed by atoms with Gasteiger partial charge in [-0.15, -0.1) is 0 Å². The van der Waals surface area contributed by atoms with E-state index in [0.717, 1.165) is 18.5 Å². The van der Waals surface area contributed by atoms with Crippen LogP contribution in [0.4, 0.5) is 0 Å². The lowest BCUT2D eigenvalue weighted by atomic mass is 10.1. The largest absolute Gasteiger partial charge is 0.465 e. The lowest BCUT2D eigenvalue weighted by Crippen LogP contribution is -2.11. The molecule has 6 heteroatoms. The molecule has 138 valence electrons. The lowest BCUT2D eigenvalue weighted by molar-refractivity contribution is 0.0555. The molecular weight excluding hydrogens is 327 g/mol. The minimum absolute atomic E-state index is 0.210. The first-order chi connectivity index (χ1) is 11.4. The highest BCUT2D eigenvalue weighted by Crippen LogP contribution is 2.43. The molecule has 0 heterocycles. The Bertz CT molecular complexity index is 486. The van der Waals surface area contributed by atoms with E-state index in [2.05, 4.69) is 9.47 Å². The highest BCUT2D eigenvalue weighted by molar-refractivity contribution is 7.63. The maximum Gasteiger partial charge on any atom is 0.338 e. The predicted molar refractivity (Wildman–Crippen MR) is 99.7 cm³/mol. The summed E-state index contributed by atoms with van der Waals surface area (Å²) in [6, 6.07) is 6.33. The van der Waals surface area contributed by atoms with Crippen LogP contribution < -0.4 is 0 Å². The fourth-order valence-corrected chi connectivity index (χ4v) is 3.07. The van der Waals surface area contributed by atoms with Crippen molar-refractivity contribution in [3.05, 3.63) is 35.4 Å². The van der Waals surface area contributed by atoms with Crippen molar-refractivity contribution in [2.24, 2.45) is 0 Å². The summed E-state index contributed by atoms with van der Waals surface area (Å²) in [5.41, 5.74) is 0.420. The normalized spacial score (nSPS) is 9.62. The van der Waals surface area contributed by atoms with Crippen LogP contribution in [0.1, 0.15) is 55.3 Å². The summed E-state index contributed by atoms with van der Waals surface area (Å²) >= 11 is 0. The quantitative estimate of drug-likeness (QED) is 0.564. The second-order valence-corrected chi connectivity index (χ2v) is 8.55. The molecule has 0 bridgehead atoms. The van der Waals surface area contributed by atoms with E-state index in [0.29, 0.717) is 0 Å². The van der Waals surface area contributed by atoms with Crippen LogP contribution in [0.5, 0.6) is 0 Å². The standard InChI is InChI=1S/C10H10O4.C6H15OP.C2H6/c1-13-9(11)7-5-3-4-6-8(7)10(12)14-2;1-4-8(7,5-2)6-3;1-2/h3-6H,1-2H3;4-6H2,1-3H3;1-2H3. The van der Waals surface area contributed by atoms with Gasteiger partial charge >= 0.3 is 11.9 Å². The van der Waals surface area contributed by atoms with Crippen molar-refractivity contribution >= 4 is 19.1 Å². The Morgan fingerprint density at radius 2 is 1.12 bits per heavy atom. The molecule has 0 fully saturated rings. The summed E-state index contributed by atoms with van der Waals surface area (Å²) in [6.07, 6.45) is 2.62. The molecule has 0 radical (unpaired) electrons. The van der Waals surface area contributed by atoms with Crippen LogP contribution in [-0.2, 0) is 14.0 Å². The first-order valence-corrected chi connectivity index (χ1v) is 10.5. The fourth-order valence-electron chi connectivity index (χ4n) is 1.73. The first-order valence-electron chi connectivity index (χ1n) is 8.21. The molecule has 0 aliphatic rings. The van der Waals surface area contributed by atoms with Crippen LogP contribution in [0.25, 0.3) is 0 Å². The Kier molecular flexibility index (Phi) is 14.2. The highest BCUT2D eigenvalue weighted by atomic mass is 31.2. The van der Waals surface area contributed by atoms with Crippen LogP contribution in [-0.4, -0.2) is 44.6 Å². The number of benzene rings is 1. The van der Waals surface area contributed by atoms with Gasteiger partial charge in [-0.1, -0.05) is 46.8 Å². The molecule has 0 N–H and O–H groups in total. The van der Waals surface area contributed by atoms with E-state index in [1.54, 1.807) is 12.1 Å². The monoisotopic (exact) mass is 358 g/mol. The number of ether oxygens (including phenoxy) is 2. The second-order valence-electron chi connectivity index (χ2n) is 4.54. The number of hydrogen-bond donors (Lipinski definition) is 0. The van der Waals surface area contributed by atoms with Gasteiger partial charge in [-0.25, -0.2) is 9.59 Å². The molecular formula is C18H31O5P. The number of carbonyl (C=O) groups is 2. The van der Waals surface area contributed by atoms with E-state index in [9.17, 15) is 14.2 Å². The molecule has 5 nitrogen and oxygen atoms in total. The summed E-state index contributed by atoms with van der Waals surface area (Å²) < 4.78 is 20.4. The highest BCUT2D eigenvalue weighted by Gasteiger charge is 2.16. The average Bonchev–Trinajstić information content (AvgIpc) is 2.68. The van der Waals surface area contributed by atoms with Crippen LogP contribution in [0.3, 0.4) is 0 Å². The summed E-state index contributed by atoms with van der Waals surface area (Å²) in [4.78, 5) is 22.4. The summed E-state index contributed by atoms with van der Waals surface area (Å²) in [5, 5.41) is 0. The number of carbonyl (C=O) groups excluding carboxylic acids is 2. The Morgan fingerprint density at radius 3 is 1.29 bits per heavy atom. The van der Waals surface area contributed by atoms with Gasteiger partial charge in [0.25, 0.3) is 0 Å². The molecule has 1 rings (SSSR count). The molecule has 24 heavy (non-hydrogen) atoms. The molecule has 0 aliphatic heterocycles. The van der Waals surface area contributed by atoms with Crippen molar-refractivity contribution in [3.8, 4) is 0 Å². The molecule has 0 amide bonds. The molecule has 0 aliphatic carbocycles. The van der Waals surface area contributed by atoms with Crippen molar-refractivity contribution in [2.45, 2.75) is 34.6 Å². The third-order valence-corrected chi connectivity index (χ3v) is 6.92. The third-order valence-electron chi connectivity index (χ3n) is 3.47. The third kappa shape index (κ3) is 8.30.